The molecule has 0 aliphatic rings. The lowest BCUT2D eigenvalue weighted by molar-refractivity contribution is -0.130. The molecular formula is C19H19N5O3S2. The van der Waals surface area contributed by atoms with E-state index in [1.807, 2.05) is 30.3 Å². The monoisotopic (exact) mass is 429 g/mol. The van der Waals surface area contributed by atoms with Crippen LogP contribution >= 0.6 is 24.0 Å². The molecule has 8 nitrogen and oxygen atoms in total. The predicted octanol–water partition coefficient (Wildman–Crippen LogP) is 2.36. The third kappa shape index (κ3) is 5.81. The van der Waals surface area contributed by atoms with Gasteiger partial charge in [-0.2, -0.15) is 12.6 Å². The zero-order chi connectivity index (χ0) is 20.6. The van der Waals surface area contributed by atoms with Crippen LogP contribution in [0.1, 0.15) is 21.7 Å². The van der Waals surface area contributed by atoms with E-state index in [0.717, 1.165) is 10.4 Å². The van der Waals surface area contributed by atoms with Crippen molar-refractivity contribution in [3.63, 3.8) is 0 Å². The van der Waals surface area contributed by atoms with Crippen molar-refractivity contribution in [2.24, 2.45) is 10.9 Å². The van der Waals surface area contributed by atoms with Crippen LogP contribution in [-0.2, 0) is 22.6 Å². The number of aryl methyl sites for hydroxylation is 1. The van der Waals surface area contributed by atoms with E-state index in [2.05, 4.69) is 33.1 Å². The minimum Gasteiger partial charge on any atom is -0.476 e. The number of hydrogen-bond donors (Lipinski definition) is 2. The Morgan fingerprint density at radius 2 is 2.00 bits per heavy atom. The summed E-state index contributed by atoms with van der Waals surface area (Å²) < 4.78 is 1.53. The van der Waals surface area contributed by atoms with E-state index < -0.39 is 17.8 Å². The number of carboxylic acids is 1. The number of hydrogen-bond acceptors (Lipinski definition) is 7. The van der Waals surface area contributed by atoms with Crippen molar-refractivity contribution in [1.29, 1.82) is 0 Å². The van der Waals surface area contributed by atoms with E-state index in [-0.39, 0.29) is 5.71 Å². The first kappa shape index (κ1) is 20.9. The molecule has 1 atom stereocenters. The number of thiol groups is 1. The molecule has 3 aromatic rings. The Morgan fingerprint density at radius 1 is 1.21 bits per heavy atom. The second kappa shape index (κ2) is 10.1. The maximum absolute atomic E-state index is 12.6. The summed E-state index contributed by atoms with van der Waals surface area (Å²) in [6.07, 6.45) is 2.72. The molecular weight excluding hydrogens is 410 g/mol. The van der Waals surface area contributed by atoms with Gasteiger partial charge in [-0.05, 0) is 41.0 Å². The summed E-state index contributed by atoms with van der Waals surface area (Å²) in [5.41, 5.74) is 0.856. The molecule has 0 fully saturated rings. The summed E-state index contributed by atoms with van der Waals surface area (Å²) in [7, 11) is 0. The van der Waals surface area contributed by atoms with Crippen LogP contribution in [0, 0.1) is 5.92 Å². The van der Waals surface area contributed by atoms with E-state index in [1.165, 1.54) is 22.3 Å². The Bertz CT molecular complexity index is 986. The van der Waals surface area contributed by atoms with Crippen molar-refractivity contribution in [3.8, 4) is 0 Å². The van der Waals surface area contributed by atoms with Crippen molar-refractivity contribution in [3.05, 3.63) is 64.1 Å². The highest BCUT2D eigenvalue weighted by Crippen LogP contribution is 2.20. The first-order valence-electron chi connectivity index (χ1n) is 8.87. The summed E-state index contributed by atoms with van der Waals surface area (Å²) in [5.74, 6) is -1.86. The molecule has 0 radical (unpaired) electrons. The van der Waals surface area contributed by atoms with E-state index >= 15 is 0 Å². The molecule has 10 heteroatoms. The number of amides is 1. The maximum Gasteiger partial charge on any atom is 0.356 e. The quantitative estimate of drug-likeness (QED) is 0.399. The van der Waals surface area contributed by atoms with E-state index in [1.54, 1.807) is 12.1 Å². The van der Waals surface area contributed by atoms with Crippen LogP contribution in [-0.4, -0.2) is 48.7 Å². The predicted molar refractivity (Wildman–Crippen MR) is 113 cm³/mol. The average Bonchev–Trinajstić information content (AvgIpc) is 3.40. The molecule has 0 saturated carbocycles. The number of aliphatic carboxylic acids is 1. The SMILES string of the molecule is O=C(O)C(=NC(=O)[C@H](CS)CCc1ccccc1)c1ccc(Cn2cnnn2)s1. The zero-order valence-corrected chi connectivity index (χ0v) is 17.1. The summed E-state index contributed by atoms with van der Waals surface area (Å²) in [5, 5.41) is 20.5. The van der Waals surface area contributed by atoms with Crippen molar-refractivity contribution in [2.75, 3.05) is 5.75 Å². The first-order chi connectivity index (χ1) is 14.1. The second-order valence-corrected chi connectivity index (χ2v) is 7.81. The highest BCUT2D eigenvalue weighted by molar-refractivity contribution is 7.80. The normalized spacial score (nSPS) is 12.7. The molecule has 3 rings (SSSR count). The highest BCUT2D eigenvalue weighted by atomic mass is 32.1. The van der Waals surface area contributed by atoms with Crippen molar-refractivity contribution >= 4 is 41.6 Å². The fraction of sp³-hybridized carbons (Fsp3) is 0.263. The number of carbonyl (C=O) groups excluding carboxylic acids is 1. The molecule has 2 heterocycles. The molecule has 0 aliphatic heterocycles. The first-order valence-corrected chi connectivity index (χ1v) is 10.3. The molecule has 2 aromatic heterocycles. The van der Waals surface area contributed by atoms with Crippen LogP contribution in [0.2, 0.25) is 0 Å². The summed E-state index contributed by atoms with van der Waals surface area (Å²) >= 11 is 5.50. The van der Waals surface area contributed by atoms with Crippen molar-refractivity contribution in [1.82, 2.24) is 20.2 Å². The fourth-order valence-corrected chi connectivity index (χ4v) is 4.01. The van der Waals surface area contributed by atoms with Crippen LogP contribution in [0.25, 0.3) is 0 Å². The number of carboxylic acid groups (broad SMARTS) is 1. The van der Waals surface area contributed by atoms with Gasteiger partial charge in [-0.3, -0.25) is 4.79 Å². The second-order valence-electron chi connectivity index (χ2n) is 6.28. The van der Waals surface area contributed by atoms with Crippen molar-refractivity contribution in [2.45, 2.75) is 19.4 Å². The van der Waals surface area contributed by atoms with Gasteiger partial charge in [0.2, 0.25) is 5.91 Å². The Kier molecular flexibility index (Phi) is 7.25. The van der Waals surface area contributed by atoms with Gasteiger partial charge in [-0.1, -0.05) is 30.3 Å². The molecule has 0 spiro atoms. The number of rotatable bonds is 9. The molecule has 0 saturated heterocycles. The van der Waals surface area contributed by atoms with Crippen LogP contribution in [0.15, 0.2) is 53.8 Å². The average molecular weight is 430 g/mol. The molecule has 1 amide bonds. The van der Waals surface area contributed by atoms with Gasteiger partial charge in [-0.15, -0.1) is 16.4 Å². The number of aromatic nitrogens is 4. The minimum absolute atomic E-state index is 0.255. The van der Waals surface area contributed by atoms with Gasteiger partial charge in [0.25, 0.3) is 0 Å². The van der Waals surface area contributed by atoms with Gasteiger partial charge in [0.1, 0.15) is 6.33 Å². The van der Waals surface area contributed by atoms with Gasteiger partial charge in [0.15, 0.2) is 5.71 Å². The molecule has 1 N–H and O–H groups in total. The lowest BCUT2D eigenvalue weighted by Gasteiger charge is -2.11. The van der Waals surface area contributed by atoms with Gasteiger partial charge in [0, 0.05) is 16.5 Å². The summed E-state index contributed by atoms with van der Waals surface area (Å²) in [4.78, 5) is 29.5. The Balaban J connectivity index is 1.72. The van der Waals surface area contributed by atoms with E-state index in [9.17, 15) is 14.7 Å². The van der Waals surface area contributed by atoms with Crippen LogP contribution in [0.3, 0.4) is 0 Å². The highest BCUT2D eigenvalue weighted by Gasteiger charge is 2.22. The number of aliphatic imine (C=N–C) groups is 1. The smallest absolute Gasteiger partial charge is 0.356 e. The molecule has 150 valence electrons. The fourth-order valence-electron chi connectivity index (χ4n) is 2.69. The summed E-state index contributed by atoms with van der Waals surface area (Å²) in [6.45, 7) is 0.412. The zero-order valence-electron chi connectivity index (χ0n) is 15.4. The maximum atomic E-state index is 12.6. The Morgan fingerprint density at radius 3 is 2.66 bits per heavy atom. The summed E-state index contributed by atoms with van der Waals surface area (Å²) in [6, 6.07) is 13.2. The third-order valence-corrected chi connectivity index (χ3v) is 5.74. The number of carbonyl (C=O) groups is 2. The van der Waals surface area contributed by atoms with E-state index in [0.29, 0.717) is 30.0 Å². The van der Waals surface area contributed by atoms with Crippen molar-refractivity contribution < 1.29 is 14.7 Å². The standard InChI is InChI=1S/C19H19N5O3S2/c25-18(14(11-28)7-6-13-4-2-1-3-5-13)21-17(19(26)27)16-9-8-15(29-16)10-24-12-20-22-23-24/h1-5,8-9,12,14,28H,6-7,10-11H2,(H,26,27)/t14-/m0/s1. The van der Waals surface area contributed by atoms with Gasteiger partial charge in [-0.25, -0.2) is 14.5 Å². The topological polar surface area (TPSA) is 110 Å². The molecule has 29 heavy (non-hydrogen) atoms. The number of tetrazole rings is 1. The molecule has 1 aromatic carbocycles. The number of nitrogens with zero attached hydrogens (tertiary/aromatic N) is 5. The van der Waals surface area contributed by atoms with Gasteiger partial charge < -0.3 is 5.11 Å². The molecule has 0 bridgehead atoms. The van der Waals surface area contributed by atoms with Crippen LogP contribution < -0.4 is 0 Å². The lowest BCUT2D eigenvalue weighted by Crippen LogP contribution is -2.21. The van der Waals surface area contributed by atoms with E-state index in [4.69, 9.17) is 0 Å². The Hall–Kier alpha value is -2.85. The number of thiophene rings is 1. The lowest BCUT2D eigenvalue weighted by atomic mass is 10.0. The van der Waals surface area contributed by atoms with Crippen LogP contribution in [0.4, 0.5) is 0 Å². The molecule has 0 unspecified atom stereocenters. The number of benzene rings is 1. The Labute approximate surface area is 176 Å². The van der Waals surface area contributed by atoms with Gasteiger partial charge >= 0.3 is 5.97 Å². The minimum atomic E-state index is -1.24. The largest absolute Gasteiger partial charge is 0.476 e. The third-order valence-electron chi connectivity index (χ3n) is 4.22. The van der Waals surface area contributed by atoms with Crippen LogP contribution in [0.5, 0.6) is 0 Å². The van der Waals surface area contributed by atoms with Gasteiger partial charge in [0.05, 0.1) is 11.4 Å². The molecule has 0 aliphatic carbocycles.